The van der Waals surface area contributed by atoms with Gasteiger partial charge in [-0.1, -0.05) is 36.0 Å². The predicted octanol–water partition coefficient (Wildman–Crippen LogP) is 6.24. The molecule has 2 heterocycles. The lowest BCUT2D eigenvalue weighted by molar-refractivity contribution is 0.0188. The van der Waals surface area contributed by atoms with Crippen LogP contribution in [-0.4, -0.2) is 40.8 Å². The second-order valence-corrected chi connectivity index (χ2v) is 9.73. The van der Waals surface area contributed by atoms with Crippen LogP contribution in [0.5, 0.6) is 5.75 Å². The number of nitrogens with zero attached hydrogens (tertiary/aromatic N) is 1. The van der Waals surface area contributed by atoms with Crippen LogP contribution in [0.4, 0.5) is 9.18 Å². The summed E-state index contributed by atoms with van der Waals surface area (Å²) < 4.78 is 25.7. The van der Waals surface area contributed by atoms with Crippen LogP contribution < -0.4 is 4.74 Å². The Hall–Kier alpha value is -2.67. The van der Waals surface area contributed by atoms with E-state index < -0.39 is 5.60 Å². The summed E-state index contributed by atoms with van der Waals surface area (Å²) in [5, 5.41) is 0.973. The highest BCUT2D eigenvalue weighted by Gasteiger charge is 2.32. The van der Waals surface area contributed by atoms with E-state index in [0.29, 0.717) is 23.8 Å². The lowest BCUT2D eigenvalue weighted by atomic mass is 10.2. The summed E-state index contributed by atoms with van der Waals surface area (Å²) in [5.74, 6) is 0.478. The molecule has 1 aliphatic heterocycles. The van der Waals surface area contributed by atoms with Gasteiger partial charge >= 0.3 is 6.09 Å². The molecule has 0 aliphatic carbocycles. The van der Waals surface area contributed by atoms with E-state index >= 15 is 0 Å². The van der Waals surface area contributed by atoms with Gasteiger partial charge in [0, 0.05) is 27.9 Å². The Labute approximate surface area is 185 Å². The van der Waals surface area contributed by atoms with Crippen LogP contribution in [-0.2, 0) is 4.74 Å². The number of likely N-dealkylation sites (tertiary alicyclic amines) is 1. The van der Waals surface area contributed by atoms with Gasteiger partial charge in [0.05, 0.1) is 11.6 Å². The Morgan fingerprint density at radius 3 is 2.77 bits per heavy atom. The third kappa shape index (κ3) is 4.98. The molecule has 0 unspecified atom stereocenters. The van der Waals surface area contributed by atoms with Crippen molar-refractivity contribution >= 4 is 28.8 Å². The van der Waals surface area contributed by atoms with E-state index in [1.54, 1.807) is 17.0 Å². The van der Waals surface area contributed by atoms with Crippen molar-refractivity contribution in [3.05, 3.63) is 54.5 Å². The molecule has 2 aromatic carbocycles. The molecule has 1 saturated heterocycles. The summed E-state index contributed by atoms with van der Waals surface area (Å²) in [4.78, 5) is 19.0. The highest BCUT2D eigenvalue weighted by molar-refractivity contribution is 7.99. The first kappa shape index (κ1) is 21.6. The van der Waals surface area contributed by atoms with Crippen LogP contribution in [0.1, 0.15) is 33.6 Å². The van der Waals surface area contributed by atoms with Gasteiger partial charge in [-0.15, -0.1) is 0 Å². The highest BCUT2D eigenvalue weighted by atomic mass is 32.2. The fraction of sp³-hybridized carbons (Fsp3) is 0.375. The summed E-state index contributed by atoms with van der Waals surface area (Å²) in [5.41, 5.74) is 0.343. The third-order valence-corrected chi connectivity index (χ3v) is 6.24. The average Bonchev–Trinajstić information content (AvgIpc) is 3.34. The number of aromatic amines is 1. The second kappa shape index (κ2) is 8.83. The molecule has 1 fully saturated rings. The number of para-hydroxylation sites is 1. The molecule has 1 N–H and O–H groups in total. The smallest absolute Gasteiger partial charge is 0.410 e. The number of nitrogens with one attached hydrogen (secondary N) is 1. The van der Waals surface area contributed by atoms with Crippen molar-refractivity contribution in [2.24, 2.45) is 0 Å². The molecule has 1 aliphatic rings. The number of hydrogen-bond donors (Lipinski definition) is 1. The van der Waals surface area contributed by atoms with E-state index in [1.807, 2.05) is 51.2 Å². The predicted molar refractivity (Wildman–Crippen MR) is 120 cm³/mol. The number of aromatic nitrogens is 1. The SMILES string of the molecule is CC(C)(C)OC(=O)N1CCC[C@H]1COc1cccc2c(Sc3ccccc3F)c[nH]c12. The van der Waals surface area contributed by atoms with Gasteiger partial charge in [0.2, 0.25) is 0 Å². The molecule has 1 atom stereocenters. The molecule has 3 aromatic rings. The molecular weight excluding hydrogens is 415 g/mol. The number of carbonyl (C=O) groups is 1. The largest absolute Gasteiger partial charge is 0.489 e. The van der Waals surface area contributed by atoms with Crippen molar-refractivity contribution in [3.63, 3.8) is 0 Å². The monoisotopic (exact) mass is 442 g/mol. The number of fused-ring (bicyclic) bond motifs is 1. The topological polar surface area (TPSA) is 54.6 Å². The van der Waals surface area contributed by atoms with E-state index in [-0.39, 0.29) is 18.0 Å². The first-order valence-electron chi connectivity index (χ1n) is 10.5. The van der Waals surface area contributed by atoms with Crippen molar-refractivity contribution in [2.75, 3.05) is 13.2 Å². The van der Waals surface area contributed by atoms with Crippen molar-refractivity contribution in [1.29, 1.82) is 0 Å². The number of H-pyrrole nitrogens is 1. The molecule has 1 amide bonds. The maximum atomic E-state index is 14.1. The van der Waals surface area contributed by atoms with E-state index in [0.717, 1.165) is 28.6 Å². The van der Waals surface area contributed by atoms with Crippen molar-refractivity contribution < 1.29 is 18.7 Å². The van der Waals surface area contributed by atoms with Crippen LogP contribution in [0.25, 0.3) is 10.9 Å². The number of halogens is 1. The standard InChI is InChI=1S/C24H27FN2O3S/c1-24(2,3)30-23(28)27-13-7-8-16(27)15-29-19-11-6-9-17-21(14-26-22(17)19)31-20-12-5-4-10-18(20)25/h4-6,9-12,14,16,26H,7-8,13,15H2,1-3H3/t16-/m0/s1. The van der Waals surface area contributed by atoms with Crippen LogP contribution in [0.15, 0.2) is 58.5 Å². The van der Waals surface area contributed by atoms with Gasteiger partial charge in [-0.05, 0) is 51.8 Å². The number of amides is 1. The van der Waals surface area contributed by atoms with E-state index in [1.165, 1.54) is 17.8 Å². The van der Waals surface area contributed by atoms with Crippen LogP contribution in [0.2, 0.25) is 0 Å². The van der Waals surface area contributed by atoms with Gasteiger partial charge in [-0.2, -0.15) is 0 Å². The van der Waals surface area contributed by atoms with Gasteiger partial charge in [-0.3, -0.25) is 0 Å². The maximum absolute atomic E-state index is 14.1. The number of benzene rings is 2. The van der Waals surface area contributed by atoms with Gasteiger partial charge in [0.1, 0.15) is 23.8 Å². The molecular formula is C24H27FN2O3S. The summed E-state index contributed by atoms with van der Waals surface area (Å²) in [6, 6.07) is 12.5. The fourth-order valence-corrected chi connectivity index (χ4v) is 4.65. The maximum Gasteiger partial charge on any atom is 0.410 e. The number of carbonyl (C=O) groups excluding carboxylic acids is 1. The molecule has 7 heteroatoms. The summed E-state index contributed by atoms with van der Waals surface area (Å²) in [6.45, 7) is 6.69. The Kier molecular flexibility index (Phi) is 6.14. The van der Waals surface area contributed by atoms with Crippen molar-refractivity contribution in [3.8, 4) is 5.75 Å². The Balaban J connectivity index is 1.47. The Bertz CT molecular complexity index is 1080. The molecule has 164 valence electrons. The minimum absolute atomic E-state index is 0.0210. The van der Waals surface area contributed by atoms with Crippen LogP contribution >= 0.6 is 11.8 Å². The highest BCUT2D eigenvalue weighted by Crippen LogP contribution is 2.37. The minimum atomic E-state index is -0.521. The van der Waals surface area contributed by atoms with Gasteiger partial charge in [-0.25, -0.2) is 9.18 Å². The Morgan fingerprint density at radius 2 is 2.00 bits per heavy atom. The third-order valence-electron chi connectivity index (χ3n) is 5.13. The van der Waals surface area contributed by atoms with E-state index in [4.69, 9.17) is 9.47 Å². The first-order valence-corrected chi connectivity index (χ1v) is 11.3. The molecule has 0 spiro atoms. The Morgan fingerprint density at radius 1 is 1.19 bits per heavy atom. The normalized spacial score (nSPS) is 16.6. The lowest BCUT2D eigenvalue weighted by Crippen LogP contribution is -2.42. The van der Waals surface area contributed by atoms with Crippen LogP contribution in [0.3, 0.4) is 0 Å². The molecule has 31 heavy (non-hydrogen) atoms. The first-order chi connectivity index (χ1) is 14.8. The summed E-state index contributed by atoms with van der Waals surface area (Å²) >= 11 is 1.38. The quantitative estimate of drug-likeness (QED) is 0.508. The summed E-state index contributed by atoms with van der Waals surface area (Å²) in [7, 11) is 0. The number of hydrogen-bond acceptors (Lipinski definition) is 4. The average molecular weight is 443 g/mol. The van der Waals surface area contributed by atoms with E-state index in [9.17, 15) is 9.18 Å². The zero-order valence-corrected chi connectivity index (χ0v) is 18.8. The summed E-state index contributed by atoms with van der Waals surface area (Å²) in [6.07, 6.45) is 3.40. The van der Waals surface area contributed by atoms with Gasteiger partial charge in [0.25, 0.3) is 0 Å². The zero-order chi connectivity index (χ0) is 22.0. The van der Waals surface area contributed by atoms with Crippen molar-refractivity contribution in [2.45, 2.75) is 55.0 Å². The molecule has 0 radical (unpaired) electrons. The zero-order valence-electron chi connectivity index (χ0n) is 18.0. The second-order valence-electron chi connectivity index (χ2n) is 8.64. The number of rotatable bonds is 5. The molecule has 0 saturated carbocycles. The minimum Gasteiger partial charge on any atom is -0.489 e. The molecule has 1 aromatic heterocycles. The van der Waals surface area contributed by atoms with Crippen LogP contribution in [0, 0.1) is 5.82 Å². The molecule has 0 bridgehead atoms. The van der Waals surface area contributed by atoms with E-state index in [2.05, 4.69) is 4.98 Å². The molecule has 4 rings (SSSR count). The van der Waals surface area contributed by atoms with Gasteiger partial charge in [0.15, 0.2) is 0 Å². The number of ether oxygens (including phenoxy) is 2. The lowest BCUT2D eigenvalue weighted by Gasteiger charge is -2.28. The fourth-order valence-electron chi connectivity index (χ4n) is 3.71. The molecule has 5 nitrogen and oxygen atoms in total. The van der Waals surface area contributed by atoms with Crippen molar-refractivity contribution in [1.82, 2.24) is 9.88 Å². The van der Waals surface area contributed by atoms with Gasteiger partial charge < -0.3 is 19.4 Å².